The van der Waals surface area contributed by atoms with E-state index < -0.39 is 17.7 Å². The molecule has 1 aromatic carbocycles. The second kappa shape index (κ2) is 12.5. The molecule has 0 N–H and O–H groups in total. The van der Waals surface area contributed by atoms with Crippen molar-refractivity contribution in [3.8, 4) is 0 Å². The van der Waals surface area contributed by atoms with Gasteiger partial charge in [-0.25, -0.2) is 9.59 Å². The summed E-state index contributed by atoms with van der Waals surface area (Å²) in [6, 6.07) is 6.52. The van der Waals surface area contributed by atoms with E-state index in [1.165, 1.54) is 19.3 Å². The van der Waals surface area contributed by atoms with Crippen LogP contribution >= 0.6 is 0 Å². The highest BCUT2D eigenvalue weighted by atomic mass is 16.6. The molecule has 7 heteroatoms. The molecule has 1 amide bonds. The topological polar surface area (TPSA) is 82.1 Å². The van der Waals surface area contributed by atoms with E-state index in [1.807, 2.05) is 20.8 Å². The van der Waals surface area contributed by atoms with E-state index in [0.717, 1.165) is 24.8 Å². The summed E-state index contributed by atoms with van der Waals surface area (Å²) in [6.07, 6.45) is 7.18. The lowest BCUT2D eigenvalue weighted by molar-refractivity contribution is -0.124. The first-order valence-corrected chi connectivity index (χ1v) is 13.0. The van der Waals surface area contributed by atoms with E-state index in [4.69, 9.17) is 14.2 Å². The van der Waals surface area contributed by atoms with Crippen LogP contribution in [0.3, 0.4) is 0 Å². The Morgan fingerprint density at radius 3 is 2.29 bits per heavy atom. The molecule has 35 heavy (non-hydrogen) atoms. The fourth-order valence-corrected chi connectivity index (χ4v) is 5.33. The quantitative estimate of drug-likeness (QED) is 0.352. The number of ether oxygens (including phenoxy) is 3. The van der Waals surface area contributed by atoms with Gasteiger partial charge in [-0.05, 0) is 56.7 Å². The van der Waals surface area contributed by atoms with Gasteiger partial charge in [0.2, 0.25) is 0 Å². The molecule has 1 saturated heterocycles. The van der Waals surface area contributed by atoms with Gasteiger partial charge in [0.1, 0.15) is 5.60 Å². The molecule has 2 atom stereocenters. The zero-order valence-electron chi connectivity index (χ0n) is 21.7. The van der Waals surface area contributed by atoms with E-state index >= 15 is 0 Å². The molecule has 1 aliphatic heterocycles. The Bertz CT molecular complexity index is 853. The van der Waals surface area contributed by atoms with E-state index in [0.29, 0.717) is 37.7 Å². The molecule has 2 aliphatic rings. The minimum absolute atomic E-state index is 0.0406. The first kappa shape index (κ1) is 27.2. The lowest BCUT2D eigenvalue weighted by Crippen LogP contribution is -2.47. The number of amides is 1. The summed E-state index contributed by atoms with van der Waals surface area (Å²) >= 11 is 0. The Hall–Kier alpha value is -2.41. The maximum atomic E-state index is 13.6. The van der Waals surface area contributed by atoms with Crippen molar-refractivity contribution in [2.45, 2.75) is 83.8 Å². The second-order valence-electron chi connectivity index (χ2n) is 10.8. The number of hydrogen-bond donors (Lipinski definition) is 0. The molecule has 194 valence electrons. The average Bonchev–Trinajstić information content (AvgIpc) is 3.27. The van der Waals surface area contributed by atoms with Gasteiger partial charge in [-0.2, -0.15) is 0 Å². The van der Waals surface area contributed by atoms with Crippen LogP contribution in [0.15, 0.2) is 24.3 Å². The van der Waals surface area contributed by atoms with Gasteiger partial charge >= 0.3 is 12.1 Å². The lowest BCUT2D eigenvalue weighted by atomic mass is 9.75. The number of benzene rings is 1. The molecule has 7 nitrogen and oxygen atoms in total. The standard InChI is InChI=1S/C28H41NO6/c1-28(2,3)35-27(32)29-16-15-23(21-9-6-5-7-10-21)25(29)24(30)19-20-11-13-22(14-12-20)26(31)34-18-8-17-33-4/h11-14,21,23,25H,5-10,15-19H2,1-4H3/t23-,25-/m0/s1. The molecule has 0 aromatic heterocycles. The minimum Gasteiger partial charge on any atom is -0.462 e. The van der Waals surface area contributed by atoms with Gasteiger partial charge in [-0.1, -0.05) is 44.2 Å². The summed E-state index contributed by atoms with van der Waals surface area (Å²) in [6.45, 7) is 6.94. The highest BCUT2D eigenvalue weighted by Crippen LogP contribution is 2.40. The summed E-state index contributed by atoms with van der Waals surface area (Å²) in [4.78, 5) is 40.5. The number of likely N-dealkylation sites (tertiary alicyclic amines) is 1. The van der Waals surface area contributed by atoms with Gasteiger partial charge in [0.05, 0.1) is 18.2 Å². The number of carbonyl (C=O) groups is 3. The van der Waals surface area contributed by atoms with Gasteiger partial charge in [0.15, 0.2) is 5.78 Å². The fraction of sp³-hybridized carbons (Fsp3) is 0.679. The Morgan fingerprint density at radius 1 is 0.971 bits per heavy atom. The molecule has 1 heterocycles. The van der Waals surface area contributed by atoms with Crippen LogP contribution < -0.4 is 0 Å². The largest absolute Gasteiger partial charge is 0.462 e. The van der Waals surface area contributed by atoms with Crippen LogP contribution in [0, 0.1) is 11.8 Å². The number of esters is 1. The Morgan fingerprint density at radius 2 is 1.66 bits per heavy atom. The fourth-order valence-electron chi connectivity index (χ4n) is 5.33. The molecule has 1 aliphatic carbocycles. The summed E-state index contributed by atoms with van der Waals surface area (Å²) in [5.74, 6) is 0.305. The van der Waals surface area contributed by atoms with Crippen molar-refractivity contribution in [2.75, 3.05) is 26.9 Å². The van der Waals surface area contributed by atoms with Crippen molar-refractivity contribution >= 4 is 17.8 Å². The first-order valence-electron chi connectivity index (χ1n) is 13.0. The van der Waals surface area contributed by atoms with Crippen LogP contribution in [0.2, 0.25) is 0 Å². The predicted molar refractivity (Wildman–Crippen MR) is 133 cm³/mol. The smallest absolute Gasteiger partial charge is 0.410 e. The number of nitrogens with zero attached hydrogens (tertiary/aromatic N) is 1. The van der Waals surface area contributed by atoms with Crippen molar-refractivity contribution in [2.24, 2.45) is 11.8 Å². The first-order chi connectivity index (χ1) is 16.7. The minimum atomic E-state index is -0.610. The Balaban J connectivity index is 1.69. The zero-order valence-corrected chi connectivity index (χ0v) is 21.7. The number of hydrogen-bond acceptors (Lipinski definition) is 6. The van der Waals surface area contributed by atoms with Crippen LogP contribution in [0.4, 0.5) is 4.79 Å². The van der Waals surface area contributed by atoms with Gasteiger partial charge < -0.3 is 14.2 Å². The van der Waals surface area contributed by atoms with Crippen LogP contribution in [0.1, 0.15) is 81.6 Å². The molecule has 0 unspecified atom stereocenters. The summed E-state index contributed by atoms with van der Waals surface area (Å²) in [5, 5.41) is 0. The summed E-state index contributed by atoms with van der Waals surface area (Å²) < 4.78 is 15.9. The highest BCUT2D eigenvalue weighted by Gasteiger charge is 2.46. The molecule has 0 spiro atoms. The lowest BCUT2D eigenvalue weighted by Gasteiger charge is -2.34. The SMILES string of the molecule is COCCCOC(=O)c1ccc(CC(=O)[C@@H]2[C@H](C3CCCCC3)CCN2C(=O)OC(C)(C)C)cc1. The summed E-state index contributed by atoms with van der Waals surface area (Å²) in [5.41, 5.74) is 0.668. The van der Waals surface area contributed by atoms with Crippen molar-refractivity contribution < 1.29 is 28.6 Å². The normalized spacial score (nSPS) is 21.1. The Kier molecular flexibility index (Phi) is 9.72. The summed E-state index contributed by atoms with van der Waals surface area (Å²) in [7, 11) is 1.61. The van der Waals surface area contributed by atoms with Gasteiger partial charge in [0, 0.05) is 33.1 Å². The van der Waals surface area contributed by atoms with Crippen molar-refractivity contribution in [1.29, 1.82) is 0 Å². The second-order valence-corrected chi connectivity index (χ2v) is 10.8. The number of ketones is 1. The zero-order chi connectivity index (χ0) is 25.4. The molecular formula is C28H41NO6. The van der Waals surface area contributed by atoms with Crippen LogP contribution in [-0.4, -0.2) is 61.3 Å². The monoisotopic (exact) mass is 487 g/mol. The van der Waals surface area contributed by atoms with E-state index in [9.17, 15) is 14.4 Å². The molecule has 2 fully saturated rings. The third kappa shape index (κ3) is 7.79. The van der Waals surface area contributed by atoms with Crippen LogP contribution in [0.25, 0.3) is 0 Å². The molecule has 3 rings (SSSR count). The van der Waals surface area contributed by atoms with Gasteiger partial charge in [0.25, 0.3) is 0 Å². The maximum absolute atomic E-state index is 13.6. The molecular weight excluding hydrogens is 446 g/mol. The predicted octanol–water partition coefficient (Wildman–Crippen LogP) is 5.20. The van der Waals surface area contributed by atoms with Crippen molar-refractivity contribution in [3.63, 3.8) is 0 Å². The number of carbonyl (C=O) groups excluding carboxylic acids is 3. The molecule has 1 aromatic rings. The average molecular weight is 488 g/mol. The van der Waals surface area contributed by atoms with Crippen LogP contribution in [-0.2, 0) is 25.4 Å². The van der Waals surface area contributed by atoms with Gasteiger partial charge in [-0.3, -0.25) is 9.69 Å². The van der Waals surface area contributed by atoms with Crippen LogP contribution in [0.5, 0.6) is 0 Å². The highest BCUT2D eigenvalue weighted by molar-refractivity contribution is 5.91. The van der Waals surface area contributed by atoms with E-state index in [1.54, 1.807) is 36.3 Å². The molecule has 0 bridgehead atoms. The molecule has 1 saturated carbocycles. The number of methoxy groups -OCH3 is 1. The van der Waals surface area contributed by atoms with Crippen molar-refractivity contribution in [1.82, 2.24) is 4.90 Å². The molecule has 0 radical (unpaired) electrons. The van der Waals surface area contributed by atoms with Crippen molar-refractivity contribution in [3.05, 3.63) is 35.4 Å². The number of Topliss-reactive ketones (excluding diaryl/α,β-unsaturated/α-hetero) is 1. The third-order valence-electron chi connectivity index (χ3n) is 6.95. The van der Waals surface area contributed by atoms with E-state index in [2.05, 4.69) is 0 Å². The third-order valence-corrected chi connectivity index (χ3v) is 6.95. The Labute approximate surface area is 209 Å². The van der Waals surface area contributed by atoms with Gasteiger partial charge in [-0.15, -0.1) is 0 Å². The van der Waals surface area contributed by atoms with E-state index in [-0.39, 0.29) is 24.1 Å². The maximum Gasteiger partial charge on any atom is 0.410 e. The number of rotatable bonds is 9.